The molecule has 3 aromatic carbocycles. The molecule has 0 radical (unpaired) electrons. The molecule has 1 N–H and O–H groups in total. The molecule has 0 aliphatic carbocycles. The quantitative estimate of drug-likeness (QED) is 0.409. The Morgan fingerprint density at radius 2 is 1.52 bits per heavy atom. The van der Waals surface area contributed by atoms with E-state index in [-0.39, 0.29) is 10.8 Å². The van der Waals surface area contributed by atoms with Crippen LogP contribution >= 0.6 is 23.2 Å². The highest BCUT2D eigenvalue weighted by molar-refractivity contribution is 6.32. The number of rotatable bonds is 0. The summed E-state index contributed by atoms with van der Waals surface area (Å²) < 4.78 is 12.0. The first kappa shape index (κ1) is 19.6. The van der Waals surface area contributed by atoms with Gasteiger partial charge in [0, 0.05) is 27.8 Å². The van der Waals surface area contributed by atoms with E-state index >= 15 is 0 Å². The van der Waals surface area contributed by atoms with Crippen molar-refractivity contribution in [2.45, 2.75) is 26.4 Å². The van der Waals surface area contributed by atoms with Crippen molar-refractivity contribution in [3.8, 4) is 17.2 Å². The maximum Gasteiger partial charge on any atom is 0.340 e. The molecule has 0 saturated heterocycles. The van der Waals surface area contributed by atoms with Gasteiger partial charge < -0.3 is 14.6 Å². The molecule has 0 fully saturated rings. The highest BCUT2D eigenvalue weighted by Crippen LogP contribution is 2.57. The zero-order chi connectivity index (χ0) is 20.9. The molecule has 2 aliphatic heterocycles. The molecule has 6 heteroatoms. The lowest BCUT2D eigenvalue weighted by molar-refractivity contribution is 0.0224. The number of aromatic hydroxyl groups is 1. The number of carbonyl (C=O) groups excluding carboxylic acids is 1. The van der Waals surface area contributed by atoms with E-state index in [0.29, 0.717) is 38.8 Å². The first-order valence-corrected chi connectivity index (χ1v) is 10.0. The summed E-state index contributed by atoms with van der Waals surface area (Å²) >= 11 is 12.6. The molecular weight excluding hydrogens is 411 g/mol. The highest BCUT2D eigenvalue weighted by Gasteiger charge is 2.53. The number of halogens is 2. The lowest BCUT2D eigenvalue weighted by Gasteiger charge is -2.37. The van der Waals surface area contributed by atoms with Crippen LogP contribution in [-0.4, -0.2) is 11.1 Å². The maximum absolute atomic E-state index is 12.7. The van der Waals surface area contributed by atoms with Crippen molar-refractivity contribution < 1.29 is 19.4 Å². The molecule has 1 spiro atoms. The van der Waals surface area contributed by atoms with Gasteiger partial charge >= 0.3 is 5.97 Å². The Balaban J connectivity index is 0.000000994. The van der Waals surface area contributed by atoms with Gasteiger partial charge in [0.2, 0.25) is 0 Å². The first-order valence-electron chi connectivity index (χ1n) is 9.26. The summed E-state index contributed by atoms with van der Waals surface area (Å²) in [7, 11) is 0. The van der Waals surface area contributed by atoms with E-state index in [1.807, 2.05) is 32.9 Å². The Hall–Kier alpha value is -2.69. The van der Waals surface area contributed by atoms with Crippen LogP contribution in [0.1, 0.15) is 46.5 Å². The number of aryl methyl sites for hydroxylation is 1. The smallest absolute Gasteiger partial charge is 0.340 e. The van der Waals surface area contributed by atoms with Crippen LogP contribution in [0, 0.1) is 6.92 Å². The number of benzene rings is 3. The monoisotopic (exact) mass is 428 g/mol. The van der Waals surface area contributed by atoms with Gasteiger partial charge in [-0.05, 0) is 36.8 Å². The zero-order valence-electron chi connectivity index (χ0n) is 16.0. The number of fused-ring (bicyclic) bond motifs is 6. The average Bonchev–Trinajstić information content (AvgIpc) is 3.01. The van der Waals surface area contributed by atoms with Crippen LogP contribution in [-0.2, 0) is 10.3 Å². The molecule has 2 heterocycles. The molecule has 148 valence electrons. The van der Waals surface area contributed by atoms with Crippen LogP contribution in [0.5, 0.6) is 17.2 Å². The molecule has 0 bridgehead atoms. The van der Waals surface area contributed by atoms with Gasteiger partial charge in [-0.15, -0.1) is 0 Å². The Bertz CT molecular complexity index is 1100. The minimum Gasteiger partial charge on any atom is -0.506 e. The molecule has 2 aliphatic rings. The van der Waals surface area contributed by atoms with E-state index < -0.39 is 11.6 Å². The molecule has 5 rings (SSSR count). The van der Waals surface area contributed by atoms with Crippen molar-refractivity contribution in [1.29, 1.82) is 0 Å². The number of hydrogen-bond acceptors (Lipinski definition) is 4. The van der Waals surface area contributed by atoms with Crippen LogP contribution in [0.4, 0.5) is 0 Å². The van der Waals surface area contributed by atoms with E-state index in [2.05, 4.69) is 0 Å². The van der Waals surface area contributed by atoms with Gasteiger partial charge in [0.25, 0.3) is 0 Å². The zero-order valence-corrected chi connectivity index (χ0v) is 17.6. The van der Waals surface area contributed by atoms with Crippen molar-refractivity contribution >= 4 is 29.2 Å². The Morgan fingerprint density at radius 3 is 2.24 bits per heavy atom. The van der Waals surface area contributed by atoms with Crippen molar-refractivity contribution in [1.82, 2.24) is 0 Å². The minimum atomic E-state index is -1.24. The molecule has 0 aromatic heterocycles. The number of ether oxygens (including phenoxy) is 2. The van der Waals surface area contributed by atoms with E-state index in [1.165, 1.54) is 6.07 Å². The molecule has 0 saturated carbocycles. The maximum atomic E-state index is 12.7. The van der Waals surface area contributed by atoms with Crippen LogP contribution in [0.2, 0.25) is 10.0 Å². The molecule has 0 amide bonds. The third-order valence-corrected chi connectivity index (χ3v) is 5.77. The van der Waals surface area contributed by atoms with Gasteiger partial charge in [-0.2, -0.15) is 0 Å². The normalized spacial score (nSPS) is 18.0. The van der Waals surface area contributed by atoms with Crippen LogP contribution in [0.25, 0.3) is 0 Å². The van der Waals surface area contributed by atoms with Crippen molar-refractivity contribution in [3.63, 3.8) is 0 Å². The van der Waals surface area contributed by atoms with E-state index in [9.17, 15) is 9.90 Å². The second kappa shape index (κ2) is 6.97. The lowest BCUT2D eigenvalue weighted by Crippen LogP contribution is -2.33. The number of carbonyl (C=O) groups is 1. The third-order valence-electron chi connectivity index (χ3n) is 5.06. The molecule has 4 nitrogen and oxygen atoms in total. The summed E-state index contributed by atoms with van der Waals surface area (Å²) in [6.45, 7) is 5.86. The topological polar surface area (TPSA) is 55.8 Å². The first-order chi connectivity index (χ1) is 13.9. The fraction of sp³-hybridized carbons (Fsp3) is 0.174. The van der Waals surface area contributed by atoms with Crippen molar-refractivity contribution in [2.75, 3.05) is 0 Å². The van der Waals surface area contributed by atoms with E-state index in [4.69, 9.17) is 32.7 Å². The Labute approximate surface area is 178 Å². The standard InChI is InChI=1S/C21H12Cl2O4.C2H6/c1-10-6-18-13(7-15(10)22)21(12-5-3-2-4-11(12)20(25)27-21)14-8-16(23)17(24)9-19(14)26-18;1-2/h2-9,24H,1H3;1-2H3. The molecule has 29 heavy (non-hydrogen) atoms. The molecule has 1 atom stereocenters. The van der Waals surface area contributed by atoms with Crippen molar-refractivity contribution in [2.24, 2.45) is 0 Å². The van der Waals surface area contributed by atoms with Crippen molar-refractivity contribution in [3.05, 3.63) is 86.4 Å². The van der Waals surface area contributed by atoms with Gasteiger partial charge in [-0.1, -0.05) is 55.2 Å². The van der Waals surface area contributed by atoms with Crippen LogP contribution in [0.3, 0.4) is 0 Å². The summed E-state index contributed by atoms with van der Waals surface area (Å²) in [4.78, 5) is 12.7. The van der Waals surface area contributed by atoms with Gasteiger partial charge in [-0.25, -0.2) is 4.79 Å². The Morgan fingerprint density at radius 1 is 0.897 bits per heavy atom. The van der Waals surface area contributed by atoms with Gasteiger partial charge in [0.1, 0.15) is 17.2 Å². The van der Waals surface area contributed by atoms with E-state index in [1.54, 1.807) is 30.3 Å². The lowest BCUT2D eigenvalue weighted by atomic mass is 9.77. The second-order valence-electron chi connectivity index (χ2n) is 6.62. The van der Waals surface area contributed by atoms with Gasteiger partial charge in [0.15, 0.2) is 5.60 Å². The molecule has 3 aromatic rings. The number of hydrogen-bond donors (Lipinski definition) is 1. The number of phenolic OH excluding ortho intramolecular Hbond substituents is 1. The molecule has 1 unspecified atom stereocenters. The minimum absolute atomic E-state index is 0.114. The summed E-state index contributed by atoms with van der Waals surface area (Å²) in [6.07, 6.45) is 0. The summed E-state index contributed by atoms with van der Waals surface area (Å²) in [5, 5.41) is 10.7. The second-order valence-corrected chi connectivity index (χ2v) is 7.43. The van der Waals surface area contributed by atoms with Gasteiger partial charge in [0.05, 0.1) is 10.6 Å². The van der Waals surface area contributed by atoms with Crippen LogP contribution < -0.4 is 4.74 Å². The summed E-state index contributed by atoms with van der Waals surface area (Å²) in [6, 6.07) is 13.7. The predicted molar refractivity (Wildman–Crippen MR) is 112 cm³/mol. The SMILES string of the molecule is CC.Cc1cc2c(cc1Cl)C1(OC(=O)c3ccccc31)c1cc(Cl)c(O)cc1O2. The van der Waals surface area contributed by atoms with Gasteiger partial charge in [-0.3, -0.25) is 0 Å². The predicted octanol–water partition coefficient (Wildman–Crippen LogP) is 6.60. The number of phenols is 1. The summed E-state index contributed by atoms with van der Waals surface area (Å²) in [5.41, 5.74) is 1.89. The van der Waals surface area contributed by atoms with Crippen LogP contribution in [0.15, 0.2) is 48.5 Å². The third kappa shape index (κ3) is 2.70. The average molecular weight is 429 g/mol. The largest absolute Gasteiger partial charge is 0.506 e. The number of esters is 1. The fourth-order valence-corrected chi connectivity index (χ4v) is 4.12. The highest BCUT2D eigenvalue weighted by atomic mass is 35.5. The molecular formula is C23H18Cl2O4. The summed E-state index contributed by atoms with van der Waals surface area (Å²) in [5.74, 6) is 0.328. The Kier molecular flexibility index (Phi) is 4.72. The fourth-order valence-electron chi connectivity index (χ4n) is 3.80. The van der Waals surface area contributed by atoms with E-state index in [0.717, 1.165) is 5.56 Å².